The third-order valence-electron chi connectivity index (χ3n) is 6.02. The van der Waals surface area contributed by atoms with Crippen molar-refractivity contribution in [1.29, 1.82) is 0 Å². The average Bonchev–Trinajstić information content (AvgIpc) is 3.41. The molecule has 1 N–H and O–H groups in total. The van der Waals surface area contributed by atoms with Gasteiger partial charge in [0.25, 0.3) is 5.89 Å². The van der Waals surface area contributed by atoms with Gasteiger partial charge in [-0.3, -0.25) is 4.98 Å². The van der Waals surface area contributed by atoms with E-state index < -0.39 is 34.2 Å². The second-order valence-electron chi connectivity index (χ2n) is 8.82. The lowest BCUT2D eigenvalue weighted by atomic mass is 10.1. The smallest absolute Gasteiger partial charge is 0.322 e. The Bertz CT molecular complexity index is 1530. The number of pyridine rings is 1. The molecule has 202 valence electrons. The summed E-state index contributed by atoms with van der Waals surface area (Å²) < 4.78 is 60.9. The van der Waals surface area contributed by atoms with Crippen molar-refractivity contribution in [3.63, 3.8) is 0 Å². The first kappa shape index (κ1) is 26.2. The number of rotatable bonds is 7. The van der Waals surface area contributed by atoms with Gasteiger partial charge in [-0.2, -0.15) is 8.78 Å². The Morgan fingerprint density at radius 3 is 2.46 bits per heavy atom. The first-order valence-electron chi connectivity index (χ1n) is 11.9. The van der Waals surface area contributed by atoms with Gasteiger partial charge >= 0.3 is 12.5 Å². The van der Waals surface area contributed by atoms with Crippen molar-refractivity contribution in [2.45, 2.75) is 18.9 Å². The molecule has 10 nitrogen and oxygen atoms in total. The van der Waals surface area contributed by atoms with Crippen LogP contribution in [0, 0.1) is 0 Å². The number of hydrogen-bond donors (Lipinski definition) is 1. The largest absolute Gasteiger partial charge is 0.457 e. The van der Waals surface area contributed by atoms with Crippen molar-refractivity contribution < 1.29 is 31.1 Å². The minimum absolute atomic E-state index is 0.0323. The van der Waals surface area contributed by atoms with E-state index in [2.05, 4.69) is 20.5 Å². The van der Waals surface area contributed by atoms with E-state index in [9.17, 15) is 22.0 Å². The Kier molecular flexibility index (Phi) is 7.50. The lowest BCUT2D eigenvalue weighted by molar-refractivity contribution is 0.116. The number of amides is 2. The highest BCUT2D eigenvalue weighted by molar-refractivity contribution is 7.91. The van der Waals surface area contributed by atoms with Gasteiger partial charge in [-0.25, -0.2) is 13.2 Å². The molecule has 0 bridgehead atoms. The Hall–Kier alpha value is -4.39. The molecule has 0 aliphatic carbocycles. The standard InChI is InChI=1S/C26H23F2N5O5S/c27-23(28)25-32-31-24(38-25)17-6-7-19(29-15-17)14-20-16-39(35,36)13-12-33(20)26(34)30-18-8-10-22(11-9-18)37-21-4-2-1-3-5-21/h1-11,15,20,23H,12-14,16H2,(H,30,34). The van der Waals surface area contributed by atoms with Crippen LogP contribution in [0.4, 0.5) is 19.3 Å². The Morgan fingerprint density at radius 1 is 1.05 bits per heavy atom. The monoisotopic (exact) mass is 555 g/mol. The number of carbonyl (C=O) groups excluding carboxylic acids is 1. The second kappa shape index (κ2) is 11.2. The van der Waals surface area contributed by atoms with Gasteiger partial charge in [0.15, 0.2) is 9.84 Å². The third-order valence-corrected chi connectivity index (χ3v) is 7.72. The van der Waals surface area contributed by atoms with Crippen molar-refractivity contribution in [2.24, 2.45) is 0 Å². The molecule has 1 unspecified atom stereocenters. The van der Waals surface area contributed by atoms with E-state index >= 15 is 0 Å². The maximum absolute atomic E-state index is 13.1. The predicted octanol–water partition coefficient (Wildman–Crippen LogP) is 4.74. The minimum Gasteiger partial charge on any atom is -0.457 e. The summed E-state index contributed by atoms with van der Waals surface area (Å²) in [6.45, 7) is 0.0323. The van der Waals surface area contributed by atoms with Gasteiger partial charge in [0.05, 0.1) is 23.1 Å². The molecule has 0 saturated carbocycles. The van der Waals surface area contributed by atoms with Crippen molar-refractivity contribution in [1.82, 2.24) is 20.1 Å². The van der Waals surface area contributed by atoms with Crippen LogP contribution in [0.3, 0.4) is 0 Å². The number of carbonyl (C=O) groups is 1. The molecule has 2 aromatic carbocycles. The Balaban J connectivity index is 1.25. The molecule has 39 heavy (non-hydrogen) atoms. The lowest BCUT2D eigenvalue weighted by Gasteiger charge is -2.35. The van der Waals surface area contributed by atoms with Crippen LogP contribution < -0.4 is 10.1 Å². The highest BCUT2D eigenvalue weighted by Gasteiger charge is 2.34. The summed E-state index contributed by atoms with van der Waals surface area (Å²) in [6, 6.07) is 18.2. The summed E-state index contributed by atoms with van der Waals surface area (Å²) in [5.41, 5.74) is 1.37. The molecule has 5 rings (SSSR count). The lowest BCUT2D eigenvalue weighted by Crippen LogP contribution is -2.53. The Morgan fingerprint density at radius 2 is 1.79 bits per heavy atom. The van der Waals surface area contributed by atoms with Crippen LogP contribution in [0.15, 0.2) is 77.3 Å². The fraction of sp³-hybridized carbons (Fsp3) is 0.231. The fourth-order valence-electron chi connectivity index (χ4n) is 4.10. The molecular formula is C26H23F2N5O5S. The first-order chi connectivity index (χ1) is 18.8. The van der Waals surface area contributed by atoms with E-state index in [-0.39, 0.29) is 30.4 Å². The predicted molar refractivity (Wildman–Crippen MR) is 137 cm³/mol. The molecule has 3 heterocycles. The highest BCUT2D eigenvalue weighted by atomic mass is 32.2. The first-order valence-corrected chi connectivity index (χ1v) is 13.8. The van der Waals surface area contributed by atoms with Crippen LogP contribution in [-0.4, -0.2) is 58.6 Å². The number of hydrogen-bond acceptors (Lipinski definition) is 8. The average molecular weight is 556 g/mol. The molecule has 1 saturated heterocycles. The zero-order valence-electron chi connectivity index (χ0n) is 20.4. The number of aromatic nitrogens is 3. The molecule has 0 radical (unpaired) electrons. The summed E-state index contributed by atoms with van der Waals surface area (Å²) in [4.78, 5) is 18.9. The van der Waals surface area contributed by atoms with Crippen LogP contribution >= 0.6 is 0 Å². The van der Waals surface area contributed by atoms with Gasteiger partial charge in [0.2, 0.25) is 5.89 Å². The zero-order valence-corrected chi connectivity index (χ0v) is 21.2. The maximum Gasteiger partial charge on any atom is 0.322 e. The normalized spacial score (nSPS) is 16.7. The summed E-state index contributed by atoms with van der Waals surface area (Å²) in [5, 5.41) is 9.70. The van der Waals surface area contributed by atoms with Crippen molar-refractivity contribution >= 4 is 21.6 Å². The van der Waals surface area contributed by atoms with E-state index in [1.807, 2.05) is 30.3 Å². The quantitative estimate of drug-likeness (QED) is 0.347. The number of anilines is 1. The summed E-state index contributed by atoms with van der Waals surface area (Å²) >= 11 is 0. The summed E-state index contributed by atoms with van der Waals surface area (Å²) in [5.74, 6) is 0.0310. The van der Waals surface area contributed by atoms with E-state index in [0.29, 0.717) is 28.4 Å². The number of nitrogens with one attached hydrogen (secondary N) is 1. The summed E-state index contributed by atoms with van der Waals surface area (Å²) in [7, 11) is -3.35. The highest BCUT2D eigenvalue weighted by Crippen LogP contribution is 2.25. The van der Waals surface area contributed by atoms with E-state index in [1.165, 1.54) is 11.1 Å². The fourth-order valence-corrected chi connectivity index (χ4v) is 5.63. The molecule has 13 heteroatoms. The number of alkyl halides is 2. The minimum atomic E-state index is -3.35. The molecule has 1 atom stereocenters. The van der Waals surface area contributed by atoms with Crippen LogP contribution in [0.2, 0.25) is 0 Å². The van der Waals surface area contributed by atoms with Crippen molar-refractivity contribution in [3.05, 3.63) is 84.5 Å². The molecule has 2 amide bonds. The van der Waals surface area contributed by atoms with Crippen LogP contribution in [-0.2, 0) is 16.3 Å². The molecule has 4 aromatic rings. The van der Waals surface area contributed by atoms with Crippen molar-refractivity contribution in [2.75, 3.05) is 23.4 Å². The number of nitrogens with zero attached hydrogens (tertiary/aromatic N) is 4. The third kappa shape index (κ3) is 6.55. The number of benzene rings is 2. The molecule has 1 aliphatic heterocycles. The van der Waals surface area contributed by atoms with Gasteiger partial charge in [0, 0.05) is 30.5 Å². The number of ether oxygens (including phenoxy) is 1. The molecule has 1 fully saturated rings. The number of urea groups is 1. The topological polar surface area (TPSA) is 128 Å². The maximum atomic E-state index is 13.1. The SMILES string of the molecule is O=C(Nc1ccc(Oc2ccccc2)cc1)N1CCS(=O)(=O)CC1Cc1ccc(-c2nnc(C(F)F)o2)cn1. The van der Waals surface area contributed by atoms with Crippen LogP contribution in [0.25, 0.3) is 11.5 Å². The number of halogens is 2. The van der Waals surface area contributed by atoms with Crippen molar-refractivity contribution in [3.8, 4) is 23.0 Å². The number of para-hydroxylation sites is 1. The van der Waals surface area contributed by atoms with Gasteiger partial charge in [-0.1, -0.05) is 18.2 Å². The number of sulfone groups is 1. The summed E-state index contributed by atoms with van der Waals surface area (Å²) in [6.07, 6.45) is -1.34. The molecule has 2 aromatic heterocycles. The van der Waals surface area contributed by atoms with E-state index in [0.717, 1.165) is 0 Å². The van der Waals surface area contributed by atoms with Gasteiger partial charge in [-0.15, -0.1) is 10.2 Å². The Labute approximate surface area is 222 Å². The van der Waals surface area contributed by atoms with Gasteiger partial charge in [-0.05, 0) is 48.5 Å². The molecule has 1 aliphatic rings. The second-order valence-corrected chi connectivity index (χ2v) is 11.0. The molecule has 0 spiro atoms. The van der Waals surface area contributed by atoms with E-state index in [4.69, 9.17) is 9.15 Å². The molecular weight excluding hydrogens is 532 g/mol. The van der Waals surface area contributed by atoms with E-state index in [1.54, 1.807) is 36.4 Å². The zero-order chi connectivity index (χ0) is 27.4. The van der Waals surface area contributed by atoms with Crippen LogP contribution in [0.1, 0.15) is 18.0 Å². The van der Waals surface area contributed by atoms with Crippen LogP contribution in [0.5, 0.6) is 11.5 Å². The van der Waals surface area contributed by atoms with Gasteiger partial charge in [0.1, 0.15) is 11.5 Å². The van der Waals surface area contributed by atoms with Gasteiger partial charge < -0.3 is 19.4 Å².